The van der Waals surface area contributed by atoms with Crippen molar-refractivity contribution < 1.29 is 13.9 Å². The molecule has 0 aromatic heterocycles. The van der Waals surface area contributed by atoms with Crippen LogP contribution in [0.25, 0.3) is 0 Å². The molecule has 0 atom stereocenters. The topological polar surface area (TPSA) is 27.7 Å². The molecule has 1 heterocycles. The van der Waals surface area contributed by atoms with Gasteiger partial charge in [0, 0.05) is 11.4 Å². The Kier molecular flexibility index (Phi) is 8.82. The Hall–Kier alpha value is 0.137. The highest BCUT2D eigenvalue weighted by atomic mass is 79.9. The van der Waals surface area contributed by atoms with Gasteiger partial charge in [-0.1, -0.05) is 49.5 Å². The van der Waals surface area contributed by atoms with Crippen LogP contribution in [-0.4, -0.2) is 38.4 Å². The van der Waals surface area contributed by atoms with Crippen molar-refractivity contribution in [2.24, 2.45) is 11.8 Å². The van der Waals surface area contributed by atoms with Crippen LogP contribution in [0.4, 0.5) is 0 Å². The summed E-state index contributed by atoms with van der Waals surface area (Å²) < 4.78 is 17.6. The molecule has 0 amide bonds. The third-order valence-corrected chi connectivity index (χ3v) is 9.78. The molecule has 3 nitrogen and oxygen atoms in total. The van der Waals surface area contributed by atoms with E-state index in [1.165, 1.54) is 0 Å². The first-order valence-corrected chi connectivity index (χ1v) is 13.0. The van der Waals surface area contributed by atoms with E-state index >= 15 is 0 Å². The fourth-order valence-corrected chi connectivity index (χ4v) is 4.67. The van der Waals surface area contributed by atoms with Crippen molar-refractivity contribution in [1.29, 1.82) is 0 Å². The monoisotopic (exact) mass is 404 g/mol. The van der Waals surface area contributed by atoms with Crippen LogP contribution in [0.3, 0.4) is 0 Å². The van der Waals surface area contributed by atoms with Gasteiger partial charge in [-0.25, -0.2) is 0 Å². The molecule has 0 spiro atoms. The summed E-state index contributed by atoms with van der Waals surface area (Å²) in [4.78, 5) is 0.930. The van der Waals surface area contributed by atoms with Crippen LogP contribution >= 0.6 is 15.9 Å². The number of alkyl halides is 1. The summed E-state index contributed by atoms with van der Waals surface area (Å²) in [7, 11) is -1.75. The van der Waals surface area contributed by atoms with Crippen LogP contribution < -0.4 is 0 Å². The summed E-state index contributed by atoms with van der Waals surface area (Å²) in [5.41, 5.74) is -0.357. The SMILES string of the molecule is CC(C)C(C#CCCCC1OCCO1)(O[Si](C)(C)CBr)C(C)C. The highest BCUT2D eigenvalue weighted by molar-refractivity contribution is 9.09. The fraction of sp³-hybridized carbons (Fsp3) is 0.889. The molecule has 0 N–H and O–H groups in total. The molecule has 1 rings (SSSR count). The van der Waals surface area contributed by atoms with E-state index in [-0.39, 0.29) is 11.9 Å². The van der Waals surface area contributed by atoms with Crippen LogP contribution in [0.5, 0.6) is 0 Å². The number of ether oxygens (including phenoxy) is 2. The molecule has 0 bridgehead atoms. The standard InChI is InChI=1S/C18H33BrO3Si/c1-15(2)18(16(3)4,22-23(5,6)14-19)11-9-7-8-10-17-20-12-13-21-17/h15-17H,7-8,10,12-14H2,1-6H3. The average molecular weight is 405 g/mol. The maximum absolute atomic E-state index is 6.65. The lowest BCUT2D eigenvalue weighted by molar-refractivity contribution is -0.0474. The minimum Gasteiger partial charge on any atom is -0.400 e. The highest BCUT2D eigenvalue weighted by Gasteiger charge is 2.41. The van der Waals surface area contributed by atoms with Gasteiger partial charge in [-0.3, -0.25) is 0 Å². The summed E-state index contributed by atoms with van der Waals surface area (Å²) >= 11 is 3.61. The second kappa shape index (κ2) is 9.58. The lowest BCUT2D eigenvalue weighted by atomic mass is 9.81. The average Bonchev–Trinajstić information content (AvgIpc) is 2.98. The normalized spacial score (nSPS) is 16.9. The van der Waals surface area contributed by atoms with Gasteiger partial charge >= 0.3 is 0 Å². The van der Waals surface area contributed by atoms with E-state index in [1.807, 2.05) is 0 Å². The Labute approximate surface area is 152 Å². The van der Waals surface area contributed by atoms with Crippen molar-refractivity contribution in [1.82, 2.24) is 0 Å². The first-order chi connectivity index (χ1) is 10.7. The molecule has 0 saturated carbocycles. The van der Waals surface area contributed by atoms with E-state index in [2.05, 4.69) is 68.6 Å². The highest BCUT2D eigenvalue weighted by Crippen LogP contribution is 2.33. The Bertz CT molecular complexity index is 398. The lowest BCUT2D eigenvalue weighted by Crippen LogP contribution is -2.51. The van der Waals surface area contributed by atoms with Crippen LogP contribution in [0, 0.1) is 23.7 Å². The molecular weight excluding hydrogens is 372 g/mol. The van der Waals surface area contributed by atoms with Crippen molar-refractivity contribution in [2.75, 3.05) is 18.2 Å². The largest absolute Gasteiger partial charge is 0.400 e. The minimum atomic E-state index is -1.75. The summed E-state index contributed by atoms with van der Waals surface area (Å²) in [5, 5.41) is 0. The van der Waals surface area contributed by atoms with Crippen molar-refractivity contribution in [3.63, 3.8) is 0 Å². The summed E-state index contributed by atoms with van der Waals surface area (Å²) in [5.74, 6) is 7.61. The quantitative estimate of drug-likeness (QED) is 0.253. The Morgan fingerprint density at radius 1 is 1.17 bits per heavy atom. The zero-order chi connectivity index (χ0) is 17.5. The molecule has 0 unspecified atom stereocenters. The molecule has 0 aromatic carbocycles. The number of unbranched alkanes of at least 4 members (excludes halogenated alkanes) is 1. The molecule has 0 aliphatic carbocycles. The van der Waals surface area contributed by atoms with Gasteiger partial charge in [0.15, 0.2) is 14.6 Å². The van der Waals surface area contributed by atoms with Crippen molar-refractivity contribution >= 4 is 24.2 Å². The van der Waals surface area contributed by atoms with E-state index in [4.69, 9.17) is 13.9 Å². The second-order valence-corrected chi connectivity index (χ2v) is 13.1. The van der Waals surface area contributed by atoms with Crippen LogP contribution in [-0.2, 0) is 13.9 Å². The summed E-state index contributed by atoms with van der Waals surface area (Å²) in [6.45, 7) is 14.8. The molecule has 1 aliphatic rings. The molecule has 1 fully saturated rings. The Morgan fingerprint density at radius 2 is 1.74 bits per heavy atom. The third kappa shape index (κ3) is 6.51. The molecule has 0 radical (unpaired) electrons. The zero-order valence-corrected chi connectivity index (χ0v) is 18.2. The molecule has 0 aromatic rings. The second-order valence-electron chi connectivity index (χ2n) is 7.46. The molecule has 5 heteroatoms. The van der Waals surface area contributed by atoms with Crippen molar-refractivity contribution in [3.8, 4) is 11.8 Å². The maximum Gasteiger partial charge on any atom is 0.199 e. The van der Waals surface area contributed by atoms with E-state index < -0.39 is 8.32 Å². The van der Waals surface area contributed by atoms with Gasteiger partial charge in [0.25, 0.3) is 0 Å². The number of hydrogen-bond acceptors (Lipinski definition) is 3. The fourth-order valence-electron chi connectivity index (χ4n) is 2.83. The predicted molar refractivity (Wildman–Crippen MR) is 102 cm³/mol. The van der Waals surface area contributed by atoms with E-state index in [9.17, 15) is 0 Å². The molecular formula is C18H33BrO3Si. The number of halogens is 1. The van der Waals surface area contributed by atoms with Gasteiger partial charge < -0.3 is 13.9 Å². The predicted octanol–water partition coefficient (Wildman–Crippen LogP) is 4.74. The van der Waals surface area contributed by atoms with Crippen LogP contribution in [0.2, 0.25) is 13.1 Å². The van der Waals surface area contributed by atoms with Gasteiger partial charge in [-0.05, 0) is 37.8 Å². The zero-order valence-electron chi connectivity index (χ0n) is 15.6. The van der Waals surface area contributed by atoms with Crippen molar-refractivity contribution in [2.45, 2.75) is 71.9 Å². The van der Waals surface area contributed by atoms with Gasteiger partial charge in [-0.15, -0.1) is 5.92 Å². The number of rotatable bonds is 8. The van der Waals surface area contributed by atoms with Crippen LogP contribution in [0.1, 0.15) is 47.0 Å². The smallest absolute Gasteiger partial charge is 0.199 e. The molecule has 134 valence electrons. The lowest BCUT2D eigenvalue weighted by Gasteiger charge is -2.42. The van der Waals surface area contributed by atoms with Crippen LogP contribution in [0.15, 0.2) is 0 Å². The number of hydrogen-bond donors (Lipinski definition) is 0. The Morgan fingerprint density at radius 3 is 2.22 bits per heavy atom. The van der Waals surface area contributed by atoms with Gasteiger partial charge in [0.1, 0.15) is 5.60 Å². The van der Waals surface area contributed by atoms with Crippen molar-refractivity contribution in [3.05, 3.63) is 0 Å². The first-order valence-electron chi connectivity index (χ1n) is 8.73. The van der Waals surface area contributed by atoms with E-state index in [1.54, 1.807) is 0 Å². The van der Waals surface area contributed by atoms with E-state index in [0.29, 0.717) is 11.8 Å². The Balaban J connectivity index is 2.70. The van der Waals surface area contributed by atoms with E-state index in [0.717, 1.165) is 37.4 Å². The maximum atomic E-state index is 6.65. The van der Waals surface area contributed by atoms with Gasteiger partial charge in [0.05, 0.1) is 13.2 Å². The summed E-state index contributed by atoms with van der Waals surface area (Å²) in [6, 6.07) is 0. The minimum absolute atomic E-state index is 0.0206. The van der Waals surface area contributed by atoms with Gasteiger partial charge in [-0.2, -0.15) is 0 Å². The molecule has 1 aliphatic heterocycles. The third-order valence-electron chi connectivity index (χ3n) is 4.20. The first kappa shape index (κ1) is 21.2. The molecule has 23 heavy (non-hydrogen) atoms. The summed E-state index contributed by atoms with van der Waals surface area (Å²) in [6.07, 6.45) is 2.77. The molecule has 1 saturated heterocycles. The van der Waals surface area contributed by atoms with Gasteiger partial charge in [0.2, 0.25) is 0 Å².